The molecule has 0 aromatic rings. The van der Waals surface area contributed by atoms with E-state index in [1.165, 1.54) is 25.7 Å². The highest BCUT2D eigenvalue weighted by Gasteiger charge is 2.69. The van der Waals surface area contributed by atoms with Gasteiger partial charge in [-0.1, -0.05) is 46.3 Å². The van der Waals surface area contributed by atoms with E-state index in [1.54, 1.807) is 6.08 Å². The summed E-state index contributed by atoms with van der Waals surface area (Å²) in [5, 5.41) is 22.5. The Hall–Kier alpha value is -0.930. The quantitative estimate of drug-likeness (QED) is 0.674. The number of carbonyl (C=O) groups is 1. The fourth-order valence-corrected chi connectivity index (χ4v) is 9.52. The van der Waals surface area contributed by atoms with E-state index in [9.17, 15) is 15.0 Å². The molecule has 8 unspecified atom stereocenters. The van der Waals surface area contributed by atoms with E-state index in [4.69, 9.17) is 0 Å². The molecule has 0 aromatic carbocycles. The number of hydrogen-bond acceptors (Lipinski definition) is 3. The molecule has 160 valence electrons. The second-order valence-electron chi connectivity index (χ2n) is 12.1. The predicted molar refractivity (Wildman–Crippen MR) is 114 cm³/mol. The van der Waals surface area contributed by atoms with Crippen molar-refractivity contribution in [2.24, 2.45) is 45.3 Å². The maximum atomic E-state index is 12.4. The van der Waals surface area contributed by atoms with E-state index >= 15 is 0 Å². The van der Waals surface area contributed by atoms with Gasteiger partial charge in [-0.15, -0.1) is 0 Å². The summed E-state index contributed by atoms with van der Waals surface area (Å²) in [6.45, 7) is 9.75. The van der Waals surface area contributed by atoms with Crippen LogP contribution in [-0.2, 0) is 4.79 Å². The first-order valence-electron chi connectivity index (χ1n) is 11.8. The van der Waals surface area contributed by atoms with Crippen LogP contribution in [0.15, 0.2) is 23.8 Å². The highest BCUT2D eigenvalue weighted by Crippen LogP contribution is 2.73. The summed E-state index contributed by atoms with van der Waals surface area (Å²) in [7, 11) is 0. The van der Waals surface area contributed by atoms with E-state index in [0.717, 1.165) is 24.8 Å². The van der Waals surface area contributed by atoms with Gasteiger partial charge in [0.05, 0.1) is 6.10 Å². The Morgan fingerprint density at radius 1 is 1.07 bits per heavy atom. The first-order chi connectivity index (χ1) is 13.6. The summed E-state index contributed by atoms with van der Waals surface area (Å²) in [6, 6.07) is 0. The topological polar surface area (TPSA) is 57.5 Å². The number of allylic oxidation sites excluding steroid dienone is 4. The Labute approximate surface area is 175 Å². The zero-order valence-corrected chi connectivity index (χ0v) is 18.6. The molecule has 0 saturated heterocycles. The number of hydrogen-bond donors (Lipinski definition) is 2. The van der Waals surface area contributed by atoms with Gasteiger partial charge in [0.1, 0.15) is 0 Å². The third-order valence-corrected chi connectivity index (χ3v) is 10.9. The Balaban J connectivity index is 1.62. The van der Waals surface area contributed by atoms with Gasteiger partial charge in [-0.2, -0.15) is 0 Å². The van der Waals surface area contributed by atoms with Crippen molar-refractivity contribution in [3.63, 3.8) is 0 Å². The molecule has 0 heterocycles. The SMILES string of the molecule is CC1(C)CCCC2(CO)C1CCC1(C)C2CC(O)C2(C)C3C=CC(=O)C3=CCC12. The van der Waals surface area contributed by atoms with Gasteiger partial charge >= 0.3 is 0 Å². The smallest absolute Gasteiger partial charge is 0.181 e. The summed E-state index contributed by atoms with van der Waals surface area (Å²) < 4.78 is 0. The zero-order chi connectivity index (χ0) is 20.8. The minimum Gasteiger partial charge on any atom is -0.396 e. The van der Waals surface area contributed by atoms with Crippen LogP contribution < -0.4 is 0 Å². The number of fused-ring (bicyclic) bond motifs is 7. The normalized spacial score (nSPS) is 52.8. The van der Waals surface area contributed by atoms with Crippen LogP contribution >= 0.6 is 0 Å². The summed E-state index contributed by atoms with van der Waals surface area (Å²) in [6.07, 6.45) is 13.1. The lowest BCUT2D eigenvalue weighted by Gasteiger charge is -2.70. The average Bonchev–Trinajstić information content (AvgIpc) is 3.05. The number of carbonyl (C=O) groups excluding carboxylic acids is 1. The number of rotatable bonds is 1. The molecule has 0 radical (unpaired) electrons. The Morgan fingerprint density at radius 3 is 2.55 bits per heavy atom. The Bertz CT molecular complexity index is 794. The van der Waals surface area contributed by atoms with E-state index in [1.807, 2.05) is 0 Å². The molecule has 3 heteroatoms. The van der Waals surface area contributed by atoms with E-state index in [-0.39, 0.29) is 40.0 Å². The Kier molecular flexibility index (Phi) is 4.18. The van der Waals surface area contributed by atoms with Gasteiger partial charge in [0.25, 0.3) is 0 Å². The standard InChI is InChI=1S/C26H38O3/c1-23(2)11-5-12-26(15-27)19(23)10-13-24(3)20-9-6-16-17(7-8-18(16)28)25(20,4)22(29)14-21(24)26/h6-8,17,19-22,27,29H,5,9-15H2,1-4H3. The van der Waals surface area contributed by atoms with Crippen LogP contribution in [0.4, 0.5) is 0 Å². The van der Waals surface area contributed by atoms with Crippen molar-refractivity contribution >= 4 is 5.78 Å². The maximum absolute atomic E-state index is 12.4. The largest absolute Gasteiger partial charge is 0.396 e. The Morgan fingerprint density at radius 2 is 1.83 bits per heavy atom. The molecule has 3 fully saturated rings. The van der Waals surface area contributed by atoms with Crippen LogP contribution in [-0.4, -0.2) is 28.7 Å². The lowest BCUT2D eigenvalue weighted by Crippen LogP contribution is -2.67. The van der Waals surface area contributed by atoms with Gasteiger partial charge in [-0.05, 0) is 73.2 Å². The van der Waals surface area contributed by atoms with Gasteiger partial charge in [0, 0.05) is 28.9 Å². The summed E-state index contributed by atoms with van der Waals surface area (Å²) >= 11 is 0. The molecule has 5 aliphatic carbocycles. The lowest BCUT2D eigenvalue weighted by atomic mass is 9.34. The van der Waals surface area contributed by atoms with Crippen molar-refractivity contribution in [3.05, 3.63) is 23.8 Å². The fraction of sp³-hybridized carbons (Fsp3) is 0.808. The first kappa shape index (κ1) is 20.0. The highest BCUT2D eigenvalue weighted by molar-refractivity contribution is 6.07. The van der Waals surface area contributed by atoms with Crippen molar-refractivity contribution in [2.75, 3.05) is 6.61 Å². The van der Waals surface area contributed by atoms with Crippen molar-refractivity contribution < 1.29 is 15.0 Å². The van der Waals surface area contributed by atoms with Crippen LogP contribution in [0.25, 0.3) is 0 Å². The third-order valence-electron chi connectivity index (χ3n) is 10.9. The molecule has 3 saturated carbocycles. The monoisotopic (exact) mass is 398 g/mol. The highest BCUT2D eigenvalue weighted by atomic mass is 16.3. The molecule has 0 aliphatic heterocycles. The maximum Gasteiger partial charge on any atom is 0.181 e. The molecule has 0 amide bonds. The number of aliphatic hydroxyl groups excluding tert-OH is 2. The molecule has 29 heavy (non-hydrogen) atoms. The minimum atomic E-state index is -0.429. The van der Waals surface area contributed by atoms with Gasteiger partial charge in [0.2, 0.25) is 0 Å². The van der Waals surface area contributed by atoms with Crippen molar-refractivity contribution in [3.8, 4) is 0 Å². The van der Waals surface area contributed by atoms with Crippen LogP contribution in [0, 0.1) is 45.3 Å². The van der Waals surface area contributed by atoms with E-state index in [0.29, 0.717) is 17.8 Å². The number of ketones is 1. The second kappa shape index (κ2) is 6.07. The molecule has 0 spiro atoms. The molecule has 8 atom stereocenters. The molecule has 5 aliphatic rings. The first-order valence-corrected chi connectivity index (χ1v) is 11.8. The molecular formula is C26H38O3. The third kappa shape index (κ3) is 2.30. The fourth-order valence-electron chi connectivity index (χ4n) is 9.52. The molecule has 0 bridgehead atoms. The summed E-state index contributed by atoms with van der Waals surface area (Å²) in [5.41, 5.74) is 0.916. The molecule has 5 rings (SSSR count). The predicted octanol–water partition coefficient (Wildman–Crippen LogP) is 4.68. The van der Waals surface area contributed by atoms with Crippen LogP contribution in [0.2, 0.25) is 0 Å². The van der Waals surface area contributed by atoms with E-state index in [2.05, 4.69) is 39.8 Å². The summed E-state index contributed by atoms with van der Waals surface area (Å²) in [4.78, 5) is 12.4. The van der Waals surface area contributed by atoms with Crippen molar-refractivity contribution in [2.45, 2.75) is 78.7 Å². The lowest BCUT2D eigenvalue weighted by molar-refractivity contribution is -0.243. The molecule has 3 nitrogen and oxygen atoms in total. The van der Waals surface area contributed by atoms with Crippen LogP contribution in [0.3, 0.4) is 0 Å². The average molecular weight is 399 g/mol. The minimum absolute atomic E-state index is 0.0483. The van der Waals surface area contributed by atoms with Crippen LogP contribution in [0.5, 0.6) is 0 Å². The van der Waals surface area contributed by atoms with Gasteiger partial charge in [-0.3, -0.25) is 4.79 Å². The molecule has 0 aromatic heterocycles. The van der Waals surface area contributed by atoms with Crippen LogP contribution in [0.1, 0.15) is 72.6 Å². The number of aliphatic hydroxyl groups is 2. The summed E-state index contributed by atoms with van der Waals surface area (Å²) in [5.74, 6) is 1.42. The van der Waals surface area contributed by atoms with E-state index < -0.39 is 6.10 Å². The van der Waals surface area contributed by atoms with Gasteiger partial charge < -0.3 is 10.2 Å². The van der Waals surface area contributed by atoms with Gasteiger partial charge in [-0.25, -0.2) is 0 Å². The van der Waals surface area contributed by atoms with Crippen molar-refractivity contribution in [1.82, 2.24) is 0 Å². The van der Waals surface area contributed by atoms with Gasteiger partial charge in [0.15, 0.2) is 5.78 Å². The zero-order valence-electron chi connectivity index (χ0n) is 18.6. The molecule has 2 N–H and O–H groups in total. The molecular weight excluding hydrogens is 360 g/mol. The van der Waals surface area contributed by atoms with Crippen molar-refractivity contribution in [1.29, 1.82) is 0 Å². The second-order valence-corrected chi connectivity index (χ2v) is 12.1.